The number of nitrogens with zero attached hydrogens (tertiary/aromatic N) is 2. The standard InChI is InChI=1S/C17H27FN2O5/c1-12(14(23-6)10-13(19-5)15(21)24-7)11-20(9-8-18)16(22)25-17(2,3)4/h10H,5,8-9,11H2,1-4,6-7H3/b13-10-,14-12-. The summed E-state index contributed by atoms with van der Waals surface area (Å²) in [5.41, 5.74) is -0.169. The fraction of sp³-hybridized carbons (Fsp3) is 0.588. The molecular formula is C17H27FN2O5. The summed E-state index contributed by atoms with van der Waals surface area (Å²) in [6.45, 7) is 9.38. The number of hydrogen-bond acceptors (Lipinski definition) is 6. The molecule has 0 saturated heterocycles. The molecule has 142 valence electrons. The van der Waals surface area contributed by atoms with Gasteiger partial charge in [0.25, 0.3) is 0 Å². The van der Waals surface area contributed by atoms with Crippen LogP contribution in [0.5, 0.6) is 0 Å². The summed E-state index contributed by atoms with van der Waals surface area (Å²) in [7, 11) is 2.62. The van der Waals surface area contributed by atoms with Gasteiger partial charge in [-0.05, 0) is 40.0 Å². The molecule has 0 heterocycles. The van der Waals surface area contributed by atoms with Crippen molar-refractivity contribution in [2.45, 2.75) is 33.3 Å². The van der Waals surface area contributed by atoms with Gasteiger partial charge in [0.15, 0.2) is 5.70 Å². The summed E-state index contributed by atoms with van der Waals surface area (Å²) in [6, 6.07) is 0. The summed E-state index contributed by atoms with van der Waals surface area (Å²) in [5.74, 6) is -0.384. The third-order valence-corrected chi connectivity index (χ3v) is 2.91. The molecule has 0 unspecified atom stereocenters. The maximum atomic E-state index is 12.8. The fourth-order valence-electron chi connectivity index (χ4n) is 1.78. The minimum atomic E-state index is -0.716. The molecule has 0 aliphatic carbocycles. The molecule has 0 aromatic rings. The molecule has 0 rings (SSSR count). The molecule has 0 bridgehead atoms. The van der Waals surface area contributed by atoms with Crippen LogP contribution < -0.4 is 0 Å². The fourth-order valence-corrected chi connectivity index (χ4v) is 1.78. The van der Waals surface area contributed by atoms with Gasteiger partial charge in [0, 0.05) is 12.6 Å². The van der Waals surface area contributed by atoms with Crippen LogP contribution in [0, 0.1) is 0 Å². The largest absolute Gasteiger partial charge is 0.497 e. The van der Waals surface area contributed by atoms with Gasteiger partial charge in [-0.2, -0.15) is 0 Å². The van der Waals surface area contributed by atoms with Crippen LogP contribution in [0.25, 0.3) is 0 Å². The van der Waals surface area contributed by atoms with Crippen LogP contribution in [0.2, 0.25) is 0 Å². The van der Waals surface area contributed by atoms with Crippen LogP contribution in [0.3, 0.4) is 0 Å². The number of methoxy groups -OCH3 is 2. The highest BCUT2D eigenvalue weighted by molar-refractivity contribution is 5.89. The molecule has 0 fully saturated rings. The molecule has 8 heteroatoms. The van der Waals surface area contributed by atoms with Crippen LogP contribution in [-0.2, 0) is 19.0 Å². The van der Waals surface area contributed by atoms with E-state index in [-0.39, 0.29) is 18.8 Å². The lowest BCUT2D eigenvalue weighted by molar-refractivity contribution is -0.136. The van der Waals surface area contributed by atoms with E-state index in [0.29, 0.717) is 11.3 Å². The molecule has 1 amide bonds. The first kappa shape index (κ1) is 22.6. The molecule has 0 N–H and O–H groups in total. The lowest BCUT2D eigenvalue weighted by Crippen LogP contribution is -2.39. The Morgan fingerprint density at radius 1 is 1.24 bits per heavy atom. The molecule has 0 aliphatic heterocycles. The van der Waals surface area contributed by atoms with E-state index in [1.54, 1.807) is 27.7 Å². The number of ether oxygens (including phenoxy) is 3. The van der Waals surface area contributed by atoms with Gasteiger partial charge in [0.1, 0.15) is 18.0 Å². The van der Waals surface area contributed by atoms with E-state index in [1.165, 1.54) is 25.2 Å². The molecular weight excluding hydrogens is 331 g/mol. The Bertz CT molecular complexity index is 550. The number of rotatable bonds is 8. The van der Waals surface area contributed by atoms with Gasteiger partial charge >= 0.3 is 12.1 Å². The first-order valence-electron chi connectivity index (χ1n) is 7.64. The van der Waals surface area contributed by atoms with Crippen molar-refractivity contribution < 1.29 is 28.2 Å². The number of carbonyl (C=O) groups is 2. The second-order valence-electron chi connectivity index (χ2n) is 6.12. The van der Waals surface area contributed by atoms with E-state index in [2.05, 4.69) is 16.4 Å². The average Bonchev–Trinajstić information content (AvgIpc) is 2.53. The Morgan fingerprint density at radius 3 is 2.24 bits per heavy atom. The highest BCUT2D eigenvalue weighted by atomic mass is 19.1. The van der Waals surface area contributed by atoms with Crippen LogP contribution in [0.1, 0.15) is 27.7 Å². The normalized spacial score (nSPS) is 12.8. The first-order valence-corrected chi connectivity index (χ1v) is 7.64. The van der Waals surface area contributed by atoms with Crippen molar-refractivity contribution in [2.75, 3.05) is 34.0 Å². The molecule has 0 aromatic carbocycles. The van der Waals surface area contributed by atoms with Gasteiger partial charge in [-0.3, -0.25) is 4.99 Å². The van der Waals surface area contributed by atoms with Crippen LogP contribution in [0.15, 0.2) is 28.1 Å². The quantitative estimate of drug-likeness (QED) is 0.219. The summed E-state index contributed by atoms with van der Waals surface area (Å²) >= 11 is 0. The van der Waals surface area contributed by atoms with Gasteiger partial charge in [0.05, 0.1) is 20.8 Å². The number of carbonyl (C=O) groups excluding carboxylic acids is 2. The predicted octanol–water partition coefficient (Wildman–Crippen LogP) is 2.87. The van der Waals surface area contributed by atoms with Crippen LogP contribution in [-0.4, -0.2) is 63.3 Å². The van der Waals surface area contributed by atoms with Gasteiger partial charge in [0.2, 0.25) is 0 Å². The molecule has 0 saturated carbocycles. The van der Waals surface area contributed by atoms with E-state index in [1.807, 2.05) is 0 Å². The Hall–Kier alpha value is -2.38. The minimum Gasteiger partial charge on any atom is -0.497 e. The molecule has 0 spiro atoms. The zero-order valence-electron chi connectivity index (χ0n) is 15.7. The SMILES string of the molecule is C=N/C(=C\C(OC)=C(/C)CN(CCF)C(=O)OC(C)(C)C)C(=O)OC. The number of esters is 1. The van der Waals surface area contributed by atoms with Gasteiger partial charge in [-0.15, -0.1) is 0 Å². The Morgan fingerprint density at radius 2 is 1.84 bits per heavy atom. The summed E-state index contributed by atoms with van der Waals surface area (Å²) in [4.78, 5) is 28.6. The van der Waals surface area contributed by atoms with E-state index in [9.17, 15) is 14.0 Å². The smallest absolute Gasteiger partial charge is 0.410 e. The van der Waals surface area contributed by atoms with Crippen LogP contribution in [0.4, 0.5) is 9.18 Å². The van der Waals surface area contributed by atoms with Crippen molar-refractivity contribution in [3.05, 3.63) is 23.1 Å². The molecule has 25 heavy (non-hydrogen) atoms. The zero-order chi connectivity index (χ0) is 19.6. The second-order valence-corrected chi connectivity index (χ2v) is 6.12. The third kappa shape index (κ3) is 8.32. The monoisotopic (exact) mass is 358 g/mol. The van der Waals surface area contributed by atoms with Crippen LogP contribution >= 0.6 is 0 Å². The minimum absolute atomic E-state index is 0.0481. The lowest BCUT2D eigenvalue weighted by Gasteiger charge is -2.27. The number of amides is 1. The maximum Gasteiger partial charge on any atom is 0.410 e. The number of alkyl halides is 1. The number of hydrogen-bond donors (Lipinski definition) is 0. The lowest BCUT2D eigenvalue weighted by atomic mass is 10.2. The van der Waals surface area contributed by atoms with Crippen molar-refractivity contribution >= 4 is 18.8 Å². The first-order chi connectivity index (χ1) is 11.6. The molecule has 0 aliphatic rings. The Labute approximate surface area is 148 Å². The highest BCUT2D eigenvalue weighted by Crippen LogP contribution is 2.15. The summed E-state index contributed by atoms with van der Waals surface area (Å²) in [6.07, 6.45) is 0.704. The number of allylic oxidation sites excluding steroid dienone is 1. The van der Waals surface area contributed by atoms with Crippen molar-refractivity contribution in [3.63, 3.8) is 0 Å². The van der Waals surface area contributed by atoms with Crippen molar-refractivity contribution in [3.8, 4) is 0 Å². The molecule has 0 aromatic heterocycles. The second kappa shape index (κ2) is 10.5. The molecule has 7 nitrogen and oxygen atoms in total. The number of halogens is 1. The Kier molecular flexibility index (Phi) is 9.48. The Balaban J connectivity index is 5.52. The van der Waals surface area contributed by atoms with E-state index >= 15 is 0 Å². The van der Waals surface area contributed by atoms with Gasteiger partial charge in [-0.1, -0.05) is 0 Å². The van der Waals surface area contributed by atoms with Crippen molar-refractivity contribution in [2.24, 2.45) is 4.99 Å². The predicted molar refractivity (Wildman–Crippen MR) is 93.1 cm³/mol. The maximum absolute atomic E-state index is 12.8. The molecule has 0 radical (unpaired) electrons. The van der Waals surface area contributed by atoms with E-state index < -0.39 is 24.3 Å². The third-order valence-electron chi connectivity index (χ3n) is 2.91. The van der Waals surface area contributed by atoms with Crippen molar-refractivity contribution in [1.82, 2.24) is 4.90 Å². The zero-order valence-corrected chi connectivity index (χ0v) is 15.7. The highest BCUT2D eigenvalue weighted by Gasteiger charge is 2.23. The number of aliphatic imine (C=N–C) groups is 1. The van der Waals surface area contributed by atoms with Gasteiger partial charge in [-0.25, -0.2) is 14.0 Å². The molecule has 0 atom stereocenters. The topological polar surface area (TPSA) is 77.4 Å². The van der Waals surface area contributed by atoms with Gasteiger partial charge < -0.3 is 19.1 Å². The average molecular weight is 358 g/mol. The van der Waals surface area contributed by atoms with E-state index in [4.69, 9.17) is 9.47 Å². The van der Waals surface area contributed by atoms with E-state index in [0.717, 1.165) is 0 Å². The summed E-state index contributed by atoms with van der Waals surface area (Å²) < 4.78 is 27.9. The van der Waals surface area contributed by atoms with Crippen molar-refractivity contribution in [1.29, 1.82) is 0 Å². The summed E-state index contributed by atoms with van der Waals surface area (Å²) in [5, 5.41) is 0.